The number of alkyl carbamates (subject to hydrolysis) is 1. The standard InChI is InChI=1S/C24H21F2NO4/c1-30-20-10-8-16(9-11-20)14-27-24(29)31-21(15-28)13-18-5-3-7-22(23(18)26)17-4-2-6-19(25)12-17/h2-12,15,21H,13-14H2,1H3,(H,27,29). The Morgan fingerprint density at radius 1 is 1.06 bits per heavy atom. The van der Waals surface area contributed by atoms with Crippen LogP contribution in [0.3, 0.4) is 0 Å². The molecule has 0 saturated heterocycles. The summed E-state index contributed by atoms with van der Waals surface area (Å²) in [4.78, 5) is 23.5. The summed E-state index contributed by atoms with van der Waals surface area (Å²) in [5.41, 5.74) is 1.57. The van der Waals surface area contributed by atoms with Crippen LogP contribution in [0.25, 0.3) is 11.1 Å². The lowest BCUT2D eigenvalue weighted by molar-refractivity contribution is -0.115. The maximum atomic E-state index is 15.0. The van der Waals surface area contributed by atoms with Crippen LogP contribution < -0.4 is 10.1 Å². The molecule has 1 atom stereocenters. The van der Waals surface area contributed by atoms with Crippen molar-refractivity contribution in [1.82, 2.24) is 5.32 Å². The molecule has 31 heavy (non-hydrogen) atoms. The minimum atomic E-state index is -1.17. The van der Waals surface area contributed by atoms with Crippen molar-refractivity contribution in [3.8, 4) is 16.9 Å². The molecule has 1 amide bonds. The first-order valence-electron chi connectivity index (χ1n) is 9.56. The van der Waals surface area contributed by atoms with Crippen LogP contribution in [0, 0.1) is 11.6 Å². The molecule has 0 aliphatic rings. The lowest BCUT2D eigenvalue weighted by atomic mass is 9.99. The Hall–Kier alpha value is -3.74. The first-order chi connectivity index (χ1) is 15.0. The van der Waals surface area contributed by atoms with Crippen LogP contribution in [0.5, 0.6) is 5.75 Å². The molecule has 7 heteroatoms. The van der Waals surface area contributed by atoms with Gasteiger partial charge < -0.3 is 14.8 Å². The molecular formula is C24H21F2NO4. The molecule has 1 N–H and O–H groups in total. The zero-order chi connectivity index (χ0) is 22.2. The summed E-state index contributed by atoms with van der Waals surface area (Å²) in [5.74, 6) is -0.387. The van der Waals surface area contributed by atoms with E-state index >= 15 is 0 Å². The average Bonchev–Trinajstić information content (AvgIpc) is 2.78. The van der Waals surface area contributed by atoms with E-state index in [-0.39, 0.29) is 24.1 Å². The minimum Gasteiger partial charge on any atom is -0.497 e. The number of ether oxygens (including phenoxy) is 2. The van der Waals surface area contributed by atoms with E-state index in [1.54, 1.807) is 43.5 Å². The Labute approximate surface area is 178 Å². The largest absolute Gasteiger partial charge is 0.497 e. The molecule has 0 fully saturated rings. The predicted octanol–water partition coefficient (Wildman–Crippen LogP) is 4.68. The van der Waals surface area contributed by atoms with Crippen molar-refractivity contribution in [2.75, 3.05) is 7.11 Å². The van der Waals surface area contributed by atoms with Crippen LogP contribution >= 0.6 is 0 Å². The Bertz CT molecular complexity index is 1050. The third kappa shape index (κ3) is 5.88. The predicted molar refractivity (Wildman–Crippen MR) is 112 cm³/mol. The minimum absolute atomic E-state index is 0.144. The first-order valence-corrected chi connectivity index (χ1v) is 9.56. The lowest BCUT2D eigenvalue weighted by Crippen LogP contribution is -2.30. The lowest BCUT2D eigenvalue weighted by Gasteiger charge is -2.15. The van der Waals surface area contributed by atoms with Crippen molar-refractivity contribution in [2.24, 2.45) is 0 Å². The Balaban J connectivity index is 1.63. The van der Waals surface area contributed by atoms with Gasteiger partial charge in [0.1, 0.15) is 17.4 Å². The fraction of sp³-hybridized carbons (Fsp3) is 0.167. The van der Waals surface area contributed by atoms with Gasteiger partial charge in [0.05, 0.1) is 7.11 Å². The SMILES string of the molecule is COc1ccc(CNC(=O)OC(C=O)Cc2cccc(-c3cccc(F)c3)c2F)cc1. The molecule has 0 aromatic heterocycles. The van der Waals surface area contributed by atoms with Gasteiger partial charge in [-0.1, -0.05) is 42.5 Å². The maximum absolute atomic E-state index is 15.0. The van der Waals surface area contributed by atoms with Gasteiger partial charge in [0, 0.05) is 18.5 Å². The van der Waals surface area contributed by atoms with E-state index in [0.717, 1.165) is 5.56 Å². The van der Waals surface area contributed by atoms with Crippen LogP contribution in [0.2, 0.25) is 0 Å². The molecule has 5 nitrogen and oxygen atoms in total. The number of methoxy groups -OCH3 is 1. The van der Waals surface area contributed by atoms with Crippen LogP contribution in [0.15, 0.2) is 66.7 Å². The third-order valence-electron chi connectivity index (χ3n) is 4.64. The molecular weight excluding hydrogens is 404 g/mol. The zero-order valence-electron chi connectivity index (χ0n) is 16.8. The van der Waals surface area contributed by atoms with Crippen molar-refractivity contribution in [1.29, 1.82) is 0 Å². The van der Waals surface area contributed by atoms with Gasteiger partial charge in [-0.05, 0) is 41.0 Å². The van der Waals surface area contributed by atoms with E-state index < -0.39 is 23.8 Å². The van der Waals surface area contributed by atoms with Crippen molar-refractivity contribution in [3.63, 3.8) is 0 Å². The van der Waals surface area contributed by atoms with Gasteiger partial charge in [-0.15, -0.1) is 0 Å². The smallest absolute Gasteiger partial charge is 0.408 e. The number of carbonyl (C=O) groups excluding carboxylic acids is 2. The van der Waals surface area contributed by atoms with Gasteiger partial charge in [0.25, 0.3) is 0 Å². The molecule has 0 heterocycles. The number of halogens is 2. The quantitative estimate of drug-likeness (QED) is 0.533. The monoisotopic (exact) mass is 425 g/mol. The molecule has 0 spiro atoms. The molecule has 0 saturated carbocycles. The Morgan fingerprint density at radius 2 is 1.81 bits per heavy atom. The summed E-state index contributed by atoms with van der Waals surface area (Å²) in [6.45, 7) is 0.192. The molecule has 0 aliphatic heterocycles. The zero-order valence-corrected chi connectivity index (χ0v) is 16.8. The molecule has 0 aliphatic carbocycles. The summed E-state index contributed by atoms with van der Waals surface area (Å²) >= 11 is 0. The fourth-order valence-corrected chi connectivity index (χ4v) is 3.05. The average molecular weight is 425 g/mol. The Kier molecular flexibility index (Phi) is 7.32. The number of hydrogen-bond donors (Lipinski definition) is 1. The second-order valence-electron chi connectivity index (χ2n) is 6.77. The molecule has 0 bridgehead atoms. The summed E-state index contributed by atoms with van der Waals surface area (Å²) in [7, 11) is 1.56. The molecule has 3 aromatic rings. The van der Waals surface area contributed by atoms with E-state index in [2.05, 4.69) is 5.32 Å². The second kappa shape index (κ2) is 10.3. The highest BCUT2D eigenvalue weighted by Gasteiger charge is 2.18. The maximum Gasteiger partial charge on any atom is 0.408 e. The highest BCUT2D eigenvalue weighted by Crippen LogP contribution is 2.26. The molecule has 3 aromatic carbocycles. The fourth-order valence-electron chi connectivity index (χ4n) is 3.05. The van der Waals surface area contributed by atoms with E-state index in [9.17, 15) is 18.4 Å². The number of rotatable bonds is 8. The number of nitrogens with one attached hydrogen (secondary N) is 1. The van der Waals surface area contributed by atoms with Gasteiger partial charge in [0.2, 0.25) is 0 Å². The van der Waals surface area contributed by atoms with Crippen molar-refractivity contribution >= 4 is 12.4 Å². The molecule has 160 valence electrons. The van der Waals surface area contributed by atoms with Crippen molar-refractivity contribution in [3.05, 3.63) is 89.5 Å². The number of aldehydes is 1. The van der Waals surface area contributed by atoms with Crippen LogP contribution in [-0.2, 0) is 22.5 Å². The van der Waals surface area contributed by atoms with Gasteiger partial charge in [0.15, 0.2) is 12.4 Å². The summed E-state index contributed by atoms with van der Waals surface area (Å²) in [6, 6.07) is 17.3. The van der Waals surface area contributed by atoms with Crippen molar-refractivity contribution < 1.29 is 27.8 Å². The van der Waals surface area contributed by atoms with Gasteiger partial charge in [-0.25, -0.2) is 13.6 Å². The van der Waals surface area contributed by atoms with E-state index in [1.807, 2.05) is 0 Å². The highest BCUT2D eigenvalue weighted by molar-refractivity contribution is 5.71. The summed E-state index contributed by atoms with van der Waals surface area (Å²) in [6.07, 6.45) is -1.67. The Morgan fingerprint density at radius 3 is 2.48 bits per heavy atom. The second-order valence-corrected chi connectivity index (χ2v) is 6.77. The van der Waals surface area contributed by atoms with Gasteiger partial charge >= 0.3 is 6.09 Å². The van der Waals surface area contributed by atoms with Crippen LogP contribution in [0.4, 0.5) is 13.6 Å². The molecule has 0 radical (unpaired) electrons. The summed E-state index contributed by atoms with van der Waals surface area (Å²) in [5, 5.41) is 2.55. The van der Waals surface area contributed by atoms with Gasteiger partial charge in [-0.3, -0.25) is 4.79 Å². The number of hydrogen-bond acceptors (Lipinski definition) is 4. The van der Waals surface area contributed by atoms with E-state index in [0.29, 0.717) is 17.6 Å². The van der Waals surface area contributed by atoms with Crippen LogP contribution in [-0.4, -0.2) is 25.6 Å². The number of amides is 1. The van der Waals surface area contributed by atoms with Crippen LogP contribution in [0.1, 0.15) is 11.1 Å². The summed E-state index contributed by atoms with van der Waals surface area (Å²) < 4.78 is 38.6. The molecule has 3 rings (SSSR count). The van der Waals surface area contributed by atoms with Crippen molar-refractivity contribution in [2.45, 2.75) is 19.1 Å². The van der Waals surface area contributed by atoms with E-state index in [1.165, 1.54) is 30.3 Å². The topological polar surface area (TPSA) is 64.6 Å². The highest BCUT2D eigenvalue weighted by atomic mass is 19.1. The third-order valence-corrected chi connectivity index (χ3v) is 4.64. The first kappa shape index (κ1) is 22.0. The number of carbonyl (C=O) groups is 2. The number of benzene rings is 3. The molecule has 1 unspecified atom stereocenters. The van der Waals surface area contributed by atoms with E-state index in [4.69, 9.17) is 9.47 Å². The normalized spacial score (nSPS) is 11.5. The van der Waals surface area contributed by atoms with Gasteiger partial charge in [-0.2, -0.15) is 0 Å².